The van der Waals surface area contributed by atoms with E-state index < -0.39 is 29.8 Å². The summed E-state index contributed by atoms with van der Waals surface area (Å²) in [6.07, 6.45) is 23.6. The van der Waals surface area contributed by atoms with Gasteiger partial charge in [0.15, 0.2) is 0 Å². The molecule has 0 aromatic carbocycles. The number of hydrogen-bond donors (Lipinski definition) is 1. The summed E-state index contributed by atoms with van der Waals surface area (Å²) in [4.78, 5) is 48.3. The first-order valence-corrected chi connectivity index (χ1v) is 16.9. The molecular weight excluding hydrogens is 660 g/mol. The second-order valence-corrected chi connectivity index (χ2v) is 10.6. The fourth-order valence-electron chi connectivity index (χ4n) is 3.46. The van der Waals surface area contributed by atoms with Gasteiger partial charge in [0, 0.05) is 30.3 Å². The van der Waals surface area contributed by atoms with E-state index in [1.165, 1.54) is 83.5 Å². The average Bonchev–Trinajstić information content (AvgIpc) is 2.92. The van der Waals surface area contributed by atoms with Crippen molar-refractivity contribution in [3.05, 3.63) is 0 Å². The van der Waals surface area contributed by atoms with Gasteiger partial charge in [0.1, 0.15) is 0 Å². The number of unbranched alkanes of at least 4 members (excludes halogenated alkanes) is 14. The average molecular weight is 724 g/mol. The third-order valence-electron chi connectivity index (χ3n) is 5.81. The van der Waals surface area contributed by atoms with Gasteiger partial charge in [0.2, 0.25) is 0 Å². The Bertz CT molecular complexity index is 578. The molecule has 0 spiro atoms. The SMILES string of the molecule is CCCC(=O)[O-].CCCC(=O)[O-].CCCC(=O)[O-].CCCC(=O)[O-].CCCCCCCCCCCCCCCCCC(=O)O.[Zr+4]. The molecule has 0 aliphatic heterocycles. The van der Waals surface area contributed by atoms with Crippen LogP contribution in [0.2, 0.25) is 0 Å². The van der Waals surface area contributed by atoms with E-state index in [4.69, 9.17) is 5.11 Å². The summed E-state index contributed by atoms with van der Waals surface area (Å²) in [5.41, 5.74) is 0. The Morgan fingerprint density at radius 3 is 0.689 bits per heavy atom. The van der Waals surface area contributed by atoms with Crippen molar-refractivity contribution < 1.29 is 75.7 Å². The Labute approximate surface area is 293 Å². The van der Waals surface area contributed by atoms with Gasteiger partial charge in [-0.05, 0) is 32.1 Å². The standard InChI is InChI=1S/C18H36O2.4C4H8O2.Zr/c1-2-3-4-5-6-7-8-9-10-11-12-13-14-15-16-17-18(19)20;4*1-2-3-4(5)6;/h2-17H2,1H3,(H,19,20);4*2-3H2,1H3,(H,5,6);/q;;;;;+4/p-4. The van der Waals surface area contributed by atoms with Crippen LogP contribution in [0.3, 0.4) is 0 Å². The van der Waals surface area contributed by atoms with E-state index in [9.17, 15) is 44.4 Å². The van der Waals surface area contributed by atoms with Gasteiger partial charge < -0.3 is 44.7 Å². The molecule has 0 heterocycles. The van der Waals surface area contributed by atoms with E-state index in [0.29, 0.717) is 32.1 Å². The van der Waals surface area contributed by atoms with Gasteiger partial charge >= 0.3 is 32.2 Å². The topological polar surface area (TPSA) is 198 Å². The largest absolute Gasteiger partial charge is 4.00 e. The number of carbonyl (C=O) groups excluding carboxylic acids is 4. The van der Waals surface area contributed by atoms with E-state index in [1.54, 1.807) is 27.7 Å². The van der Waals surface area contributed by atoms with E-state index in [-0.39, 0.29) is 51.9 Å². The van der Waals surface area contributed by atoms with Crippen LogP contribution in [0.15, 0.2) is 0 Å². The maximum Gasteiger partial charge on any atom is 4.00 e. The smallest absolute Gasteiger partial charge is 0.550 e. The molecule has 264 valence electrons. The summed E-state index contributed by atoms with van der Waals surface area (Å²) in [6.45, 7) is 9.48. The van der Waals surface area contributed by atoms with Crippen molar-refractivity contribution in [2.24, 2.45) is 0 Å². The molecule has 45 heavy (non-hydrogen) atoms. The van der Waals surface area contributed by atoms with Crippen LogP contribution >= 0.6 is 0 Å². The minimum absolute atomic E-state index is 0. The number of carboxylic acid groups (broad SMARTS) is 5. The van der Waals surface area contributed by atoms with Crippen molar-refractivity contribution in [2.45, 2.75) is 189 Å². The van der Waals surface area contributed by atoms with Crippen LogP contribution in [0.4, 0.5) is 0 Å². The van der Waals surface area contributed by atoms with Gasteiger partial charge in [-0.3, -0.25) is 4.79 Å². The molecule has 0 unspecified atom stereocenters. The van der Waals surface area contributed by atoms with Gasteiger partial charge in [-0.2, -0.15) is 0 Å². The summed E-state index contributed by atoms with van der Waals surface area (Å²) in [7, 11) is 0. The van der Waals surface area contributed by atoms with Crippen molar-refractivity contribution in [3.63, 3.8) is 0 Å². The summed E-state index contributed by atoms with van der Waals surface area (Å²) >= 11 is 0. The predicted molar refractivity (Wildman–Crippen MR) is 167 cm³/mol. The van der Waals surface area contributed by atoms with Crippen LogP contribution in [0.1, 0.15) is 189 Å². The molecule has 0 saturated carbocycles. The number of rotatable bonds is 24. The number of carboxylic acids is 5. The Kier molecular flexibility index (Phi) is 64.0. The van der Waals surface area contributed by atoms with Crippen molar-refractivity contribution >= 4 is 29.8 Å². The molecular formula is C34H64O10Zr. The van der Waals surface area contributed by atoms with Gasteiger partial charge in [-0.15, -0.1) is 0 Å². The Morgan fingerprint density at radius 2 is 0.556 bits per heavy atom. The number of aliphatic carboxylic acids is 5. The predicted octanol–water partition coefficient (Wildman–Crippen LogP) is 4.48. The zero-order valence-corrected chi connectivity index (χ0v) is 31.6. The summed E-state index contributed by atoms with van der Waals surface area (Å²) in [5.74, 6) is -4.50. The molecule has 0 atom stereocenters. The summed E-state index contributed by atoms with van der Waals surface area (Å²) < 4.78 is 0. The Balaban J connectivity index is -0.000000124. The minimum Gasteiger partial charge on any atom is -0.550 e. The van der Waals surface area contributed by atoms with Crippen LogP contribution in [-0.4, -0.2) is 35.0 Å². The molecule has 10 nitrogen and oxygen atoms in total. The molecule has 0 rings (SSSR count). The molecule has 0 saturated heterocycles. The monoisotopic (exact) mass is 722 g/mol. The summed E-state index contributed by atoms with van der Waals surface area (Å²) in [6, 6.07) is 0. The zero-order valence-electron chi connectivity index (χ0n) is 29.1. The second-order valence-electron chi connectivity index (χ2n) is 10.6. The zero-order chi connectivity index (χ0) is 34.9. The molecule has 0 bridgehead atoms. The van der Waals surface area contributed by atoms with E-state index in [1.807, 2.05) is 0 Å². The van der Waals surface area contributed by atoms with E-state index >= 15 is 0 Å². The van der Waals surface area contributed by atoms with Gasteiger partial charge in [-0.1, -0.05) is 150 Å². The molecule has 0 aliphatic carbocycles. The normalized spacial score (nSPS) is 9.18. The van der Waals surface area contributed by atoms with E-state index in [2.05, 4.69) is 6.92 Å². The van der Waals surface area contributed by atoms with E-state index in [0.717, 1.165) is 12.8 Å². The van der Waals surface area contributed by atoms with Crippen molar-refractivity contribution in [1.29, 1.82) is 0 Å². The van der Waals surface area contributed by atoms with Crippen LogP contribution in [0.25, 0.3) is 0 Å². The van der Waals surface area contributed by atoms with Gasteiger partial charge in [0.05, 0.1) is 0 Å². The van der Waals surface area contributed by atoms with Crippen LogP contribution in [0.5, 0.6) is 0 Å². The van der Waals surface area contributed by atoms with Gasteiger partial charge in [-0.25, -0.2) is 0 Å². The van der Waals surface area contributed by atoms with Crippen molar-refractivity contribution in [2.75, 3.05) is 0 Å². The number of hydrogen-bond acceptors (Lipinski definition) is 9. The second kappa shape index (κ2) is 51.8. The van der Waals surface area contributed by atoms with Crippen LogP contribution in [0, 0.1) is 0 Å². The van der Waals surface area contributed by atoms with Crippen molar-refractivity contribution in [1.82, 2.24) is 0 Å². The molecule has 0 aromatic heterocycles. The fourth-order valence-corrected chi connectivity index (χ4v) is 3.46. The third-order valence-corrected chi connectivity index (χ3v) is 5.81. The molecule has 0 amide bonds. The first kappa shape index (κ1) is 55.6. The number of carbonyl (C=O) groups is 5. The molecule has 0 aliphatic rings. The Morgan fingerprint density at radius 1 is 0.356 bits per heavy atom. The maximum absolute atomic E-state index is 10.3. The molecule has 1 N–H and O–H groups in total. The van der Waals surface area contributed by atoms with Crippen molar-refractivity contribution in [3.8, 4) is 0 Å². The first-order valence-electron chi connectivity index (χ1n) is 16.9. The molecule has 0 fully saturated rings. The third kappa shape index (κ3) is 92.2. The quantitative estimate of drug-likeness (QED) is 0.139. The fraction of sp³-hybridized carbons (Fsp3) is 0.853. The first-order chi connectivity index (χ1) is 20.9. The van der Waals surface area contributed by atoms with Crippen LogP contribution < -0.4 is 20.4 Å². The Hall–Kier alpha value is -1.77. The molecule has 0 radical (unpaired) electrons. The van der Waals surface area contributed by atoms with Gasteiger partial charge in [0.25, 0.3) is 0 Å². The molecule has 0 aromatic rings. The van der Waals surface area contributed by atoms with Crippen LogP contribution in [-0.2, 0) is 50.2 Å². The summed E-state index contributed by atoms with van der Waals surface area (Å²) in [5, 5.41) is 46.5. The maximum atomic E-state index is 10.3. The minimum atomic E-state index is -0.961. The molecule has 11 heteroatoms.